The van der Waals surface area contributed by atoms with E-state index in [1.165, 1.54) is 51.8 Å². The number of imidazole rings is 1. The molecule has 2 aromatic heterocycles. The molecule has 0 spiro atoms. The molecule has 0 aromatic carbocycles. The standard InChI is InChI=1S/C8H7N2OS.3C4H9.Sn/c1-2-6(11)7-8-10(5-9-7)3-4-12-8;3*1-3-4-2;/h4-5H,2H2,1H3;3*1,3-4H2,2H3;. The number of ketones is 1. The van der Waals surface area contributed by atoms with Crippen molar-refractivity contribution >= 4 is 44.0 Å². The van der Waals surface area contributed by atoms with Crippen LogP contribution in [0.2, 0.25) is 13.3 Å². The van der Waals surface area contributed by atoms with Gasteiger partial charge in [-0.05, 0) is 0 Å². The second kappa shape index (κ2) is 10.1. The van der Waals surface area contributed by atoms with Crippen molar-refractivity contribution in [3.05, 3.63) is 17.4 Å². The summed E-state index contributed by atoms with van der Waals surface area (Å²) in [7, 11) is 0. The van der Waals surface area contributed by atoms with Crippen LogP contribution in [0.5, 0.6) is 0 Å². The van der Waals surface area contributed by atoms with Crippen molar-refractivity contribution in [2.45, 2.75) is 86.0 Å². The molecule has 0 fully saturated rings. The van der Waals surface area contributed by atoms with Crippen LogP contribution in [0.4, 0.5) is 0 Å². The molecule has 0 bridgehead atoms. The van der Waals surface area contributed by atoms with E-state index >= 15 is 0 Å². The van der Waals surface area contributed by atoms with Crippen LogP contribution in [0.25, 0.3) is 4.83 Å². The fraction of sp³-hybridized carbons (Fsp3) is 0.700. The third-order valence-electron chi connectivity index (χ3n) is 5.42. The van der Waals surface area contributed by atoms with E-state index in [1.54, 1.807) is 15.0 Å². The number of fused-ring (bicyclic) bond motifs is 1. The van der Waals surface area contributed by atoms with Crippen LogP contribution >= 0.6 is 11.3 Å². The fourth-order valence-corrected chi connectivity index (χ4v) is 22.9. The van der Waals surface area contributed by atoms with Gasteiger partial charge in [0.05, 0.1) is 0 Å². The SMILES string of the molecule is CCC[CH2][Sn]([CH2]CCC)([CH2]CCC)[c]1csc2c(C(=O)CC)ncn12. The van der Waals surface area contributed by atoms with E-state index < -0.39 is 18.4 Å². The Morgan fingerprint density at radius 2 is 1.60 bits per heavy atom. The number of aromatic nitrogens is 2. The minimum atomic E-state index is -2.47. The van der Waals surface area contributed by atoms with E-state index in [4.69, 9.17) is 0 Å². The van der Waals surface area contributed by atoms with Gasteiger partial charge in [-0.25, -0.2) is 0 Å². The number of hydrogen-bond donors (Lipinski definition) is 0. The molecule has 2 rings (SSSR count). The van der Waals surface area contributed by atoms with Crippen molar-refractivity contribution in [1.29, 1.82) is 0 Å². The van der Waals surface area contributed by atoms with Crippen molar-refractivity contribution < 1.29 is 4.79 Å². The summed E-state index contributed by atoms with van der Waals surface area (Å²) < 4.78 is 8.28. The zero-order chi connectivity index (χ0) is 18.3. The summed E-state index contributed by atoms with van der Waals surface area (Å²) in [6.07, 6.45) is 10.4. The minimum absolute atomic E-state index is 0.173. The molecule has 2 aromatic rings. The summed E-state index contributed by atoms with van der Waals surface area (Å²) in [6.45, 7) is 8.87. The summed E-state index contributed by atoms with van der Waals surface area (Å²) in [5.41, 5.74) is 0.695. The molecular weight excluding hydrogens is 435 g/mol. The molecule has 0 amide bonds. The molecule has 0 N–H and O–H groups in total. The average Bonchev–Trinajstić information content (AvgIpc) is 3.23. The molecule has 140 valence electrons. The number of carbonyl (C=O) groups is 1. The van der Waals surface area contributed by atoms with Crippen LogP contribution < -0.4 is 3.71 Å². The Labute approximate surface area is 161 Å². The Bertz CT molecular complexity index is 655. The van der Waals surface area contributed by atoms with Crippen molar-refractivity contribution in [3.8, 4) is 0 Å². The Hall–Kier alpha value is -0.361. The Morgan fingerprint density at radius 1 is 1.04 bits per heavy atom. The molecule has 0 radical (unpaired) electrons. The third kappa shape index (κ3) is 4.68. The van der Waals surface area contributed by atoms with Gasteiger partial charge >= 0.3 is 162 Å². The van der Waals surface area contributed by atoms with Crippen LogP contribution in [-0.4, -0.2) is 33.5 Å². The summed E-state index contributed by atoms with van der Waals surface area (Å²) >= 11 is -0.720. The molecule has 0 saturated heterocycles. The molecule has 5 heteroatoms. The number of unbranched alkanes of at least 4 members (excludes halogenated alkanes) is 3. The number of thiazole rings is 1. The summed E-state index contributed by atoms with van der Waals surface area (Å²) in [5, 5.41) is 2.40. The Kier molecular flexibility index (Phi) is 8.46. The van der Waals surface area contributed by atoms with Crippen LogP contribution in [-0.2, 0) is 0 Å². The Balaban J connectivity index is 2.49. The zero-order valence-corrected chi connectivity index (χ0v) is 20.1. The number of Topliss-reactive ketones (excluding diaryl/α,β-unsaturated/α-hetero) is 1. The van der Waals surface area contributed by atoms with Gasteiger partial charge in [0.2, 0.25) is 0 Å². The normalized spacial score (nSPS) is 12.2. The molecule has 2 heterocycles. The molecule has 0 saturated carbocycles. The van der Waals surface area contributed by atoms with Gasteiger partial charge in [0.1, 0.15) is 0 Å². The van der Waals surface area contributed by atoms with Crippen LogP contribution in [0.1, 0.15) is 83.1 Å². The van der Waals surface area contributed by atoms with Gasteiger partial charge in [0.25, 0.3) is 0 Å². The first-order valence-corrected chi connectivity index (χ1v) is 18.5. The molecule has 0 aliphatic carbocycles. The summed E-state index contributed by atoms with van der Waals surface area (Å²) in [4.78, 5) is 17.8. The van der Waals surface area contributed by atoms with Gasteiger partial charge in [-0.3, -0.25) is 0 Å². The molecule has 0 aliphatic heterocycles. The number of nitrogens with zero attached hydrogens (tertiary/aromatic N) is 2. The first-order valence-electron chi connectivity index (χ1n) is 10.1. The van der Waals surface area contributed by atoms with Gasteiger partial charge in [-0.15, -0.1) is 0 Å². The van der Waals surface area contributed by atoms with Gasteiger partial charge in [0.15, 0.2) is 0 Å². The first-order chi connectivity index (χ1) is 12.1. The topological polar surface area (TPSA) is 34.4 Å². The predicted molar refractivity (Wildman–Crippen MR) is 112 cm³/mol. The predicted octanol–water partition coefficient (Wildman–Crippen LogP) is 6.04. The van der Waals surface area contributed by atoms with Gasteiger partial charge < -0.3 is 0 Å². The summed E-state index contributed by atoms with van der Waals surface area (Å²) in [5.74, 6) is 0.173. The summed E-state index contributed by atoms with van der Waals surface area (Å²) in [6, 6.07) is 0. The Morgan fingerprint density at radius 3 is 2.08 bits per heavy atom. The molecular formula is C20H34N2OSSn. The number of hydrogen-bond acceptors (Lipinski definition) is 3. The zero-order valence-electron chi connectivity index (χ0n) is 16.4. The van der Waals surface area contributed by atoms with E-state index in [0.29, 0.717) is 12.1 Å². The second-order valence-electron chi connectivity index (χ2n) is 7.26. The fourth-order valence-electron chi connectivity index (χ4n) is 3.83. The van der Waals surface area contributed by atoms with Crippen molar-refractivity contribution in [3.63, 3.8) is 0 Å². The molecule has 3 nitrogen and oxygen atoms in total. The monoisotopic (exact) mass is 470 g/mol. The van der Waals surface area contributed by atoms with Gasteiger partial charge in [-0.2, -0.15) is 0 Å². The van der Waals surface area contributed by atoms with Gasteiger partial charge in [0, 0.05) is 0 Å². The maximum atomic E-state index is 12.2. The van der Waals surface area contributed by atoms with Crippen LogP contribution in [0.15, 0.2) is 11.7 Å². The molecule has 0 aliphatic rings. The van der Waals surface area contributed by atoms with E-state index in [0.717, 1.165) is 4.83 Å². The van der Waals surface area contributed by atoms with Crippen LogP contribution in [0, 0.1) is 0 Å². The average molecular weight is 469 g/mol. The quantitative estimate of drug-likeness (QED) is 0.281. The number of rotatable bonds is 12. The second-order valence-corrected chi connectivity index (χ2v) is 21.2. The van der Waals surface area contributed by atoms with E-state index in [2.05, 4.69) is 35.5 Å². The maximum absolute atomic E-state index is 12.2. The number of carbonyl (C=O) groups excluding carboxylic acids is 1. The van der Waals surface area contributed by atoms with E-state index in [9.17, 15) is 4.79 Å². The third-order valence-corrected chi connectivity index (χ3v) is 22.4. The van der Waals surface area contributed by atoms with Crippen molar-refractivity contribution in [1.82, 2.24) is 9.38 Å². The van der Waals surface area contributed by atoms with E-state index in [-0.39, 0.29) is 5.78 Å². The van der Waals surface area contributed by atoms with Gasteiger partial charge in [-0.1, -0.05) is 0 Å². The van der Waals surface area contributed by atoms with Crippen LogP contribution in [0.3, 0.4) is 0 Å². The molecule has 0 unspecified atom stereocenters. The first kappa shape index (κ1) is 20.9. The molecule has 25 heavy (non-hydrogen) atoms. The van der Waals surface area contributed by atoms with Crippen molar-refractivity contribution in [2.24, 2.45) is 0 Å². The molecule has 0 atom stereocenters. The van der Waals surface area contributed by atoms with E-state index in [1.807, 2.05) is 13.3 Å². The van der Waals surface area contributed by atoms with Crippen molar-refractivity contribution in [2.75, 3.05) is 0 Å².